The fourth-order valence-electron chi connectivity index (χ4n) is 2.75. The Morgan fingerprint density at radius 1 is 0.958 bits per heavy atom. The minimum Gasteiger partial charge on any atom is -0.463 e. The van der Waals surface area contributed by atoms with Crippen molar-refractivity contribution in [3.05, 3.63) is 90.6 Å². The van der Waals surface area contributed by atoms with E-state index in [4.69, 9.17) is 4.42 Å². The minimum absolute atomic E-state index is 0.241. The van der Waals surface area contributed by atoms with Crippen molar-refractivity contribution in [2.75, 3.05) is 0 Å². The van der Waals surface area contributed by atoms with Gasteiger partial charge in [0.2, 0.25) is 0 Å². The average molecular weight is 318 g/mol. The zero-order chi connectivity index (χ0) is 16.4. The highest BCUT2D eigenvalue weighted by molar-refractivity contribution is 5.78. The van der Waals surface area contributed by atoms with E-state index in [0.29, 0.717) is 12.3 Å². The van der Waals surface area contributed by atoms with Gasteiger partial charge in [-0.25, -0.2) is 4.39 Å². The van der Waals surface area contributed by atoms with Crippen molar-refractivity contribution in [3.8, 4) is 22.6 Å². The van der Waals surface area contributed by atoms with E-state index in [1.807, 2.05) is 59.4 Å². The average Bonchev–Trinajstić information content (AvgIpc) is 3.25. The summed E-state index contributed by atoms with van der Waals surface area (Å²) in [5.74, 6) is 0.473. The summed E-state index contributed by atoms with van der Waals surface area (Å²) in [7, 11) is 0. The number of rotatable bonds is 4. The number of hydrogen-bond donors (Lipinski definition) is 0. The van der Waals surface area contributed by atoms with Crippen LogP contribution in [0.25, 0.3) is 22.6 Å². The molecule has 0 bridgehead atoms. The van der Waals surface area contributed by atoms with Gasteiger partial charge in [-0.2, -0.15) is 5.10 Å². The van der Waals surface area contributed by atoms with Gasteiger partial charge >= 0.3 is 0 Å². The van der Waals surface area contributed by atoms with Crippen LogP contribution >= 0.6 is 0 Å². The van der Waals surface area contributed by atoms with Crippen LogP contribution < -0.4 is 0 Å². The van der Waals surface area contributed by atoms with Crippen LogP contribution in [-0.4, -0.2) is 9.78 Å². The van der Waals surface area contributed by atoms with Gasteiger partial charge in [0.05, 0.1) is 12.8 Å². The monoisotopic (exact) mass is 318 g/mol. The lowest BCUT2D eigenvalue weighted by atomic mass is 10.1. The molecule has 0 saturated heterocycles. The predicted molar refractivity (Wildman–Crippen MR) is 90.9 cm³/mol. The molecule has 4 rings (SSSR count). The summed E-state index contributed by atoms with van der Waals surface area (Å²) in [6.45, 7) is 0.498. The third kappa shape index (κ3) is 2.86. The summed E-state index contributed by atoms with van der Waals surface area (Å²) < 4.78 is 20.7. The van der Waals surface area contributed by atoms with E-state index < -0.39 is 0 Å². The summed E-state index contributed by atoms with van der Waals surface area (Å²) in [5.41, 5.74) is 3.70. The summed E-state index contributed by atoms with van der Waals surface area (Å²) in [6, 6.07) is 20.3. The molecule has 0 fully saturated rings. The number of furan rings is 1. The highest BCUT2D eigenvalue weighted by Crippen LogP contribution is 2.31. The van der Waals surface area contributed by atoms with Gasteiger partial charge < -0.3 is 4.42 Å². The first kappa shape index (κ1) is 14.5. The number of benzene rings is 2. The Balaban J connectivity index is 1.77. The molecule has 0 radical (unpaired) electrons. The Bertz CT molecular complexity index is 943. The topological polar surface area (TPSA) is 31.0 Å². The molecule has 0 aliphatic heterocycles. The smallest absolute Gasteiger partial charge is 0.154 e. The molecule has 2 aromatic heterocycles. The molecule has 2 heterocycles. The van der Waals surface area contributed by atoms with Crippen LogP contribution in [-0.2, 0) is 6.54 Å². The van der Waals surface area contributed by atoms with Gasteiger partial charge in [0, 0.05) is 11.8 Å². The summed E-state index contributed by atoms with van der Waals surface area (Å²) >= 11 is 0. The molecular weight excluding hydrogens is 303 g/mol. The molecule has 0 saturated carbocycles. The van der Waals surface area contributed by atoms with Crippen LogP contribution in [0, 0.1) is 5.82 Å². The van der Waals surface area contributed by atoms with Crippen molar-refractivity contribution in [2.45, 2.75) is 6.54 Å². The molecule has 0 N–H and O–H groups in total. The van der Waals surface area contributed by atoms with Gasteiger partial charge in [0.1, 0.15) is 11.5 Å². The summed E-state index contributed by atoms with van der Waals surface area (Å²) in [6.07, 6.45) is 3.60. The zero-order valence-electron chi connectivity index (χ0n) is 12.9. The van der Waals surface area contributed by atoms with E-state index in [9.17, 15) is 4.39 Å². The van der Waals surface area contributed by atoms with Crippen LogP contribution in [0.3, 0.4) is 0 Å². The summed E-state index contributed by atoms with van der Waals surface area (Å²) in [4.78, 5) is 0. The molecule has 0 atom stereocenters. The Morgan fingerprint density at radius 2 is 1.83 bits per heavy atom. The van der Waals surface area contributed by atoms with E-state index in [1.165, 1.54) is 12.1 Å². The molecule has 0 unspecified atom stereocenters. The Labute approximate surface area is 139 Å². The Kier molecular flexibility index (Phi) is 3.71. The summed E-state index contributed by atoms with van der Waals surface area (Å²) in [5, 5.41) is 4.65. The van der Waals surface area contributed by atoms with Crippen LogP contribution in [0.2, 0.25) is 0 Å². The highest BCUT2D eigenvalue weighted by Gasteiger charge is 2.15. The van der Waals surface area contributed by atoms with Crippen LogP contribution in [0.4, 0.5) is 4.39 Å². The lowest BCUT2D eigenvalue weighted by Crippen LogP contribution is -2.00. The molecule has 3 nitrogen and oxygen atoms in total. The number of nitrogens with zero attached hydrogens (tertiary/aromatic N) is 2. The molecule has 4 aromatic rings. The second-order valence-corrected chi connectivity index (χ2v) is 5.56. The maximum absolute atomic E-state index is 13.4. The first-order valence-electron chi connectivity index (χ1n) is 7.71. The molecule has 24 heavy (non-hydrogen) atoms. The molecule has 2 aromatic carbocycles. The highest BCUT2D eigenvalue weighted by atomic mass is 19.1. The lowest BCUT2D eigenvalue weighted by molar-refractivity contribution is 0.576. The maximum Gasteiger partial charge on any atom is 0.154 e. The van der Waals surface area contributed by atoms with Crippen LogP contribution in [0.5, 0.6) is 0 Å². The van der Waals surface area contributed by atoms with Gasteiger partial charge in [0.15, 0.2) is 5.76 Å². The van der Waals surface area contributed by atoms with Crippen molar-refractivity contribution in [1.82, 2.24) is 9.78 Å². The van der Waals surface area contributed by atoms with Gasteiger partial charge in [-0.05, 0) is 35.4 Å². The molecule has 118 valence electrons. The van der Waals surface area contributed by atoms with Gasteiger partial charge in [-0.15, -0.1) is 0 Å². The molecule has 0 aliphatic rings. The quantitative estimate of drug-likeness (QED) is 0.530. The van der Waals surface area contributed by atoms with Gasteiger partial charge in [0.25, 0.3) is 0 Å². The second-order valence-electron chi connectivity index (χ2n) is 5.56. The molecule has 0 spiro atoms. The van der Waals surface area contributed by atoms with Crippen LogP contribution in [0.15, 0.2) is 83.6 Å². The number of halogens is 1. The van der Waals surface area contributed by atoms with Crippen LogP contribution in [0.1, 0.15) is 5.56 Å². The normalized spacial score (nSPS) is 10.9. The maximum atomic E-state index is 13.4. The van der Waals surface area contributed by atoms with E-state index in [0.717, 1.165) is 22.4 Å². The molecule has 0 aliphatic carbocycles. The number of hydrogen-bond acceptors (Lipinski definition) is 2. The second kappa shape index (κ2) is 6.16. The standard InChI is InChI=1S/C20H15FN2O/c21-17-9-4-6-15(12-17)13-23-14-18(16-7-2-1-3-8-16)20(22-23)19-10-5-11-24-19/h1-12,14H,13H2. The van der Waals surface area contributed by atoms with Crippen molar-refractivity contribution < 1.29 is 8.81 Å². The molecule has 0 amide bonds. The van der Waals surface area contributed by atoms with E-state index in [-0.39, 0.29) is 5.82 Å². The zero-order valence-corrected chi connectivity index (χ0v) is 12.9. The minimum atomic E-state index is -0.241. The van der Waals surface area contributed by atoms with Crippen molar-refractivity contribution >= 4 is 0 Å². The predicted octanol–water partition coefficient (Wildman–Crippen LogP) is 5.00. The lowest BCUT2D eigenvalue weighted by Gasteiger charge is -2.01. The first-order valence-corrected chi connectivity index (χ1v) is 7.71. The molecule has 4 heteroatoms. The third-order valence-electron chi connectivity index (χ3n) is 3.83. The number of aromatic nitrogens is 2. The fraction of sp³-hybridized carbons (Fsp3) is 0.0500. The molecular formula is C20H15FN2O. The third-order valence-corrected chi connectivity index (χ3v) is 3.83. The largest absolute Gasteiger partial charge is 0.463 e. The first-order chi connectivity index (χ1) is 11.8. The van der Waals surface area contributed by atoms with E-state index in [1.54, 1.807) is 12.3 Å². The van der Waals surface area contributed by atoms with Crippen molar-refractivity contribution in [1.29, 1.82) is 0 Å². The van der Waals surface area contributed by atoms with Gasteiger partial charge in [-0.3, -0.25) is 4.68 Å². The van der Waals surface area contributed by atoms with Crippen molar-refractivity contribution in [3.63, 3.8) is 0 Å². The van der Waals surface area contributed by atoms with Gasteiger partial charge in [-0.1, -0.05) is 42.5 Å². The van der Waals surface area contributed by atoms with E-state index >= 15 is 0 Å². The van der Waals surface area contributed by atoms with E-state index in [2.05, 4.69) is 5.10 Å². The Hall–Kier alpha value is -3.14. The Morgan fingerprint density at radius 3 is 2.58 bits per heavy atom. The SMILES string of the molecule is Fc1cccc(Cn2cc(-c3ccccc3)c(-c3ccco3)n2)c1. The van der Waals surface area contributed by atoms with Crippen molar-refractivity contribution in [2.24, 2.45) is 0 Å². The fourth-order valence-corrected chi connectivity index (χ4v) is 2.75.